The second kappa shape index (κ2) is 7.55. The molecule has 2 aromatic rings. The smallest absolute Gasteiger partial charge is 0.330 e. The molecular formula is C17H22N2O3S. The van der Waals surface area contributed by atoms with E-state index in [-0.39, 0.29) is 11.2 Å². The molecule has 0 aliphatic heterocycles. The monoisotopic (exact) mass is 334 g/mol. The quantitative estimate of drug-likeness (QED) is 0.759. The average Bonchev–Trinajstić information content (AvgIpc) is 2.52. The van der Waals surface area contributed by atoms with Crippen LogP contribution < -0.4 is 16.0 Å². The molecule has 0 saturated heterocycles. The first kappa shape index (κ1) is 17.4. The molecule has 5 nitrogen and oxygen atoms in total. The van der Waals surface area contributed by atoms with Crippen LogP contribution in [0.3, 0.4) is 0 Å². The van der Waals surface area contributed by atoms with Gasteiger partial charge >= 0.3 is 5.69 Å². The van der Waals surface area contributed by atoms with Crippen molar-refractivity contribution in [2.75, 3.05) is 12.4 Å². The first-order chi connectivity index (χ1) is 10.9. The predicted octanol–water partition coefficient (Wildman–Crippen LogP) is 2.01. The van der Waals surface area contributed by atoms with Crippen LogP contribution in [0.15, 0.2) is 33.9 Å². The van der Waals surface area contributed by atoms with Crippen molar-refractivity contribution >= 4 is 11.8 Å². The summed E-state index contributed by atoms with van der Waals surface area (Å²) in [5.41, 5.74) is 2.43. The van der Waals surface area contributed by atoms with E-state index in [1.54, 1.807) is 18.8 Å². The number of para-hydroxylation sites is 1. The number of aryl methyl sites for hydroxylation is 2. The molecule has 0 N–H and O–H groups in total. The van der Waals surface area contributed by atoms with E-state index in [1.807, 2.05) is 32.0 Å². The zero-order chi connectivity index (χ0) is 17.0. The summed E-state index contributed by atoms with van der Waals surface area (Å²) in [4.78, 5) is 23.5. The molecule has 2 rings (SSSR count). The fourth-order valence-corrected chi connectivity index (χ4v) is 3.15. The van der Waals surface area contributed by atoms with Crippen molar-refractivity contribution in [2.24, 2.45) is 14.1 Å². The highest BCUT2D eigenvalue weighted by molar-refractivity contribution is 7.98. The van der Waals surface area contributed by atoms with Crippen LogP contribution in [0.25, 0.3) is 0 Å². The first-order valence-electron chi connectivity index (χ1n) is 7.44. The molecule has 1 aromatic heterocycles. The summed E-state index contributed by atoms with van der Waals surface area (Å²) in [6, 6.07) is 7.60. The first-order valence-corrected chi connectivity index (χ1v) is 8.60. The topological polar surface area (TPSA) is 53.2 Å². The van der Waals surface area contributed by atoms with Gasteiger partial charge in [-0.3, -0.25) is 13.9 Å². The molecule has 0 saturated carbocycles. The minimum Gasteiger partial charge on any atom is -0.492 e. The zero-order valence-electron chi connectivity index (χ0n) is 14.0. The van der Waals surface area contributed by atoms with Crippen LogP contribution in [-0.4, -0.2) is 21.5 Å². The van der Waals surface area contributed by atoms with Gasteiger partial charge in [0.1, 0.15) is 5.75 Å². The maximum Gasteiger partial charge on any atom is 0.330 e. The van der Waals surface area contributed by atoms with E-state index in [1.165, 1.54) is 17.7 Å². The van der Waals surface area contributed by atoms with E-state index in [2.05, 4.69) is 0 Å². The molecule has 6 heteroatoms. The van der Waals surface area contributed by atoms with Gasteiger partial charge in [-0.05, 0) is 25.0 Å². The van der Waals surface area contributed by atoms with Gasteiger partial charge in [0.05, 0.1) is 6.61 Å². The van der Waals surface area contributed by atoms with Crippen molar-refractivity contribution < 1.29 is 4.74 Å². The number of benzene rings is 1. The van der Waals surface area contributed by atoms with Gasteiger partial charge in [0.25, 0.3) is 5.56 Å². The highest BCUT2D eigenvalue weighted by Crippen LogP contribution is 2.22. The van der Waals surface area contributed by atoms with E-state index in [0.717, 1.165) is 32.9 Å². The summed E-state index contributed by atoms with van der Waals surface area (Å²) >= 11 is 1.64. The van der Waals surface area contributed by atoms with E-state index in [9.17, 15) is 9.59 Å². The summed E-state index contributed by atoms with van der Waals surface area (Å²) in [5, 5.41) is 0. The lowest BCUT2D eigenvalue weighted by Gasteiger charge is -2.12. The number of nitrogens with zero attached hydrogens (tertiary/aromatic N) is 2. The fourth-order valence-electron chi connectivity index (χ4n) is 2.32. The maximum absolute atomic E-state index is 11.9. The molecule has 0 radical (unpaired) electrons. The summed E-state index contributed by atoms with van der Waals surface area (Å²) in [5.74, 6) is 2.34. The van der Waals surface area contributed by atoms with Crippen LogP contribution >= 0.6 is 11.8 Å². The zero-order valence-corrected chi connectivity index (χ0v) is 14.8. The lowest BCUT2D eigenvalue weighted by atomic mass is 10.1. The second-order valence-electron chi connectivity index (χ2n) is 5.50. The van der Waals surface area contributed by atoms with Crippen LogP contribution in [-0.2, 0) is 19.8 Å². The molecule has 1 heterocycles. The molecule has 0 spiro atoms. The lowest BCUT2D eigenvalue weighted by molar-refractivity contribution is 0.339. The number of hydrogen-bond acceptors (Lipinski definition) is 4. The summed E-state index contributed by atoms with van der Waals surface area (Å²) in [6.45, 7) is 4.66. The van der Waals surface area contributed by atoms with Gasteiger partial charge in [0.2, 0.25) is 0 Å². The molecule has 0 atom stereocenters. The molecule has 0 amide bonds. The number of thioether (sulfide) groups is 1. The van der Waals surface area contributed by atoms with Crippen molar-refractivity contribution in [3.63, 3.8) is 0 Å². The van der Waals surface area contributed by atoms with Gasteiger partial charge in [0, 0.05) is 37.4 Å². The van der Waals surface area contributed by atoms with Crippen molar-refractivity contribution in [1.29, 1.82) is 0 Å². The Balaban J connectivity index is 1.90. The van der Waals surface area contributed by atoms with E-state index in [0.29, 0.717) is 12.4 Å². The Morgan fingerprint density at radius 1 is 1.09 bits per heavy atom. The Morgan fingerprint density at radius 3 is 2.39 bits per heavy atom. The predicted molar refractivity (Wildman–Crippen MR) is 94.5 cm³/mol. The second-order valence-corrected chi connectivity index (χ2v) is 6.60. The minimum absolute atomic E-state index is 0.268. The maximum atomic E-state index is 11.9. The van der Waals surface area contributed by atoms with E-state index < -0.39 is 0 Å². The Bertz CT molecular complexity index is 788. The van der Waals surface area contributed by atoms with Crippen molar-refractivity contribution in [3.8, 4) is 5.75 Å². The molecule has 23 heavy (non-hydrogen) atoms. The largest absolute Gasteiger partial charge is 0.492 e. The standard InChI is InChI=1S/C17H22N2O3S/c1-12-6-5-7-13(2)16(12)22-8-9-23-11-14-10-15(20)19(4)17(21)18(14)3/h5-7,10H,8-9,11H2,1-4H3. The molecule has 1 aromatic carbocycles. The van der Waals surface area contributed by atoms with Gasteiger partial charge in [0.15, 0.2) is 0 Å². The number of rotatable bonds is 6. The Morgan fingerprint density at radius 2 is 1.74 bits per heavy atom. The van der Waals surface area contributed by atoms with Crippen molar-refractivity contribution in [1.82, 2.24) is 9.13 Å². The van der Waals surface area contributed by atoms with E-state index >= 15 is 0 Å². The molecule has 124 valence electrons. The van der Waals surface area contributed by atoms with Crippen molar-refractivity contribution in [3.05, 3.63) is 61.9 Å². The lowest BCUT2D eigenvalue weighted by Crippen LogP contribution is -2.37. The number of aromatic nitrogens is 2. The van der Waals surface area contributed by atoms with E-state index in [4.69, 9.17) is 4.74 Å². The van der Waals surface area contributed by atoms with Gasteiger partial charge in [-0.25, -0.2) is 4.79 Å². The molecule has 0 aliphatic rings. The Kier molecular flexibility index (Phi) is 5.71. The molecule has 0 fully saturated rings. The normalized spacial score (nSPS) is 10.8. The molecule has 0 aliphatic carbocycles. The highest BCUT2D eigenvalue weighted by atomic mass is 32.2. The van der Waals surface area contributed by atoms with Crippen LogP contribution in [0.5, 0.6) is 5.75 Å². The molecular weight excluding hydrogens is 312 g/mol. The summed E-state index contributed by atoms with van der Waals surface area (Å²) < 4.78 is 8.47. The third kappa shape index (κ3) is 4.07. The average molecular weight is 334 g/mol. The van der Waals surface area contributed by atoms with Crippen LogP contribution in [0.1, 0.15) is 16.8 Å². The fraction of sp³-hybridized carbons (Fsp3) is 0.412. The highest BCUT2D eigenvalue weighted by Gasteiger charge is 2.06. The van der Waals surface area contributed by atoms with Gasteiger partial charge in [-0.15, -0.1) is 0 Å². The summed E-state index contributed by atoms with van der Waals surface area (Å²) in [6.07, 6.45) is 0. The molecule has 0 bridgehead atoms. The van der Waals surface area contributed by atoms with Gasteiger partial charge in [-0.2, -0.15) is 11.8 Å². The number of hydrogen-bond donors (Lipinski definition) is 0. The van der Waals surface area contributed by atoms with Crippen LogP contribution in [0.4, 0.5) is 0 Å². The Labute approximate surface area is 139 Å². The summed E-state index contributed by atoms with van der Waals surface area (Å²) in [7, 11) is 3.17. The molecule has 0 unspecified atom stereocenters. The van der Waals surface area contributed by atoms with Crippen LogP contribution in [0.2, 0.25) is 0 Å². The third-order valence-corrected chi connectivity index (χ3v) is 4.71. The van der Waals surface area contributed by atoms with Crippen molar-refractivity contribution in [2.45, 2.75) is 19.6 Å². The Hall–Kier alpha value is -1.95. The SMILES string of the molecule is Cc1cccc(C)c1OCCSCc1cc(=O)n(C)c(=O)n1C. The third-order valence-electron chi connectivity index (χ3n) is 3.76. The van der Waals surface area contributed by atoms with Gasteiger partial charge < -0.3 is 4.74 Å². The van der Waals surface area contributed by atoms with Gasteiger partial charge in [-0.1, -0.05) is 18.2 Å². The van der Waals surface area contributed by atoms with Crippen LogP contribution in [0, 0.1) is 13.8 Å². The number of ether oxygens (including phenoxy) is 1. The minimum atomic E-state index is -0.292.